The molecule has 2 aromatic heterocycles. The maximum Gasteiger partial charge on any atom is 0.347 e. The summed E-state index contributed by atoms with van der Waals surface area (Å²) in [4.78, 5) is 27.4. The molecule has 0 spiro atoms. The average Bonchev–Trinajstić information content (AvgIpc) is 3.34. The van der Waals surface area contributed by atoms with E-state index in [1.54, 1.807) is 19.2 Å². The zero-order valence-electron chi connectivity index (χ0n) is 23.4. The van der Waals surface area contributed by atoms with Crippen LogP contribution < -0.4 is 19.7 Å². The Hall–Kier alpha value is -4.89. The number of carbonyl (C=O) groups excluding carboxylic acids is 1. The van der Waals surface area contributed by atoms with E-state index in [2.05, 4.69) is 33.2 Å². The maximum absolute atomic E-state index is 13.4. The molecule has 0 amide bonds. The van der Waals surface area contributed by atoms with Crippen LogP contribution >= 0.6 is 0 Å². The lowest BCUT2D eigenvalue weighted by atomic mass is 10.1. The molecule has 0 bridgehead atoms. The van der Waals surface area contributed by atoms with Gasteiger partial charge in [-0.3, -0.25) is 0 Å². The van der Waals surface area contributed by atoms with Crippen LogP contribution in [-0.2, 0) is 7.05 Å². The number of para-hydroxylation sites is 2. The van der Waals surface area contributed by atoms with Crippen molar-refractivity contribution in [3.05, 3.63) is 90.8 Å². The molecule has 5 aromatic rings. The first-order chi connectivity index (χ1) is 20.0. The van der Waals surface area contributed by atoms with E-state index in [4.69, 9.17) is 14.5 Å². The molecule has 0 saturated carbocycles. The molecule has 1 saturated heterocycles. The van der Waals surface area contributed by atoms with Crippen LogP contribution in [0.3, 0.4) is 0 Å². The summed E-state index contributed by atoms with van der Waals surface area (Å²) >= 11 is 0. The number of carbonyl (C=O) groups is 1. The summed E-state index contributed by atoms with van der Waals surface area (Å²) < 4.78 is 13.4. The fourth-order valence-corrected chi connectivity index (χ4v) is 5.14. The van der Waals surface area contributed by atoms with E-state index in [-0.39, 0.29) is 5.56 Å². The summed E-state index contributed by atoms with van der Waals surface area (Å²) in [5, 5.41) is 4.28. The minimum Gasteiger partial charge on any atom is -0.494 e. The first kappa shape index (κ1) is 26.3. The van der Waals surface area contributed by atoms with Gasteiger partial charge in [-0.2, -0.15) is 0 Å². The van der Waals surface area contributed by atoms with Crippen LogP contribution in [0, 0.1) is 0 Å². The van der Waals surface area contributed by atoms with Crippen molar-refractivity contribution in [2.24, 2.45) is 7.05 Å². The van der Waals surface area contributed by atoms with E-state index in [1.807, 2.05) is 72.4 Å². The van der Waals surface area contributed by atoms with Crippen molar-refractivity contribution >= 4 is 34.2 Å². The molecule has 0 atom stereocenters. The van der Waals surface area contributed by atoms with Crippen LogP contribution in [0.1, 0.15) is 10.4 Å². The number of hydrogen-bond donors (Lipinski definition) is 1. The van der Waals surface area contributed by atoms with Crippen molar-refractivity contribution in [3.63, 3.8) is 0 Å². The number of nitrogens with one attached hydrogen (secondary N) is 1. The summed E-state index contributed by atoms with van der Waals surface area (Å²) in [6.45, 7) is 3.97. The topological polar surface area (TPSA) is 84.8 Å². The van der Waals surface area contributed by atoms with Gasteiger partial charge in [0.2, 0.25) is 5.95 Å². The molecule has 9 heteroatoms. The Morgan fingerprint density at radius 2 is 1.68 bits per heavy atom. The number of anilines is 3. The third-order valence-electron chi connectivity index (χ3n) is 7.41. The Bertz CT molecular complexity index is 1690. The second-order valence-electron chi connectivity index (χ2n) is 10.1. The van der Waals surface area contributed by atoms with Gasteiger partial charge in [0, 0.05) is 73.8 Å². The largest absolute Gasteiger partial charge is 0.494 e. The molecule has 0 aliphatic carbocycles. The SMILES string of the molecule is COc1cc(N2CCN(C)CC2)ccc1Nc1ncc(C(=O)Oc2ccccc2)c(-c2cn(C)c3ccccc23)n1. The number of rotatable bonds is 7. The standard InChI is InChI=1S/C32H32N6O3/c1-36-15-17-38(18-16-36)22-13-14-27(29(19-22)40-3)34-32-33-20-25(31(39)41-23-9-5-4-6-10-23)30(35-32)26-21-37(2)28-12-8-7-11-24(26)28/h4-14,19-21H,15-18H2,1-3H3,(H,33,34,35). The van der Waals surface area contributed by atoms with Gasteiger partial charge >= 0.3 is 5.97 Å². The summed E-state index contributed by atoms with van der Waals surface area (Å²) in [6.07, 6.45) is 3.49. The van der Waals surface area contributed by atoms with Crippen molar-refractivity contribution in [3.8, 4) is 22.8 Å². The second kappa shape index (κ2) is 11.3. The Balaban J connectivity index is 1.36. The van der Waals surface area contributed by atoms with Gasteiger partial charge in [-0.1, -0.05) is 36.4 Å². The van der Waals surface area contributed by atoms with Crippen LogP contribution in [0.15, 0.2) is 85.2 Å². The number of aryl methyl sites for hydroxylation is 1. The van der Waals surface area contributed by atoms with E-state index >= 15 is 0 Å². The highest BCUT2D eigenvalue weighted by Gasteiger charge is 2.22. The van der Waals surface area contributed by atoms with Crippen molar-refractivity contribution < 1.29 is 14.3 Å². The first-order valence-corrected chi connectivity index (χ1v) is 13.6. The Morgan fingerprint density at radius 1 is 0.927 bits per heavy atom. The van der Waals surface area contributed by atoms with Gasteiger partial charge in [-0.05, 0) is 37.4 Å². The third-order valence-corrected chi connectivity index (χ3v) is 7.41. The molecule has 41 heavy (non-hydrogen) atoms. The van der Waals surface area contributed by atoms with Crippen molar-refractivity contribution in [2.75, 3.05) is 50.6 Å². The van der Waals surface area contributed by atoms with Crippen LogP contribution in [0.25, 0.3) is 22.2 Å². The molecule has 6 rings (SSSR count). The van der Waals surface area contributed by atoms with Crippen molar-refractivity contribution in [1.82, 2.24) is 19.4 Å². The molecule has 1 aliphatic heterocycles. The number of fused-ring (bicyclic) bond motifs is 1. The van der Waals surface area contributed by atoms with Crippen LogP contribution in [0.5, 0.6) is 11.5 Å². The number of methoxy groups -OCH3 is 1. The molecule has 208 valence electrons. The summed E-state index contributed by atoms with van der Waals surface area (Å²) in [5.74, 6) is 0.952. The summed E-state index contributed by atoms with van der Waals surface area (Å²) in [6, 6.07) is 23.1. The molecule has 0 radical (unpaired) electrons. The number of benzene rings is 3. The Morgan fingerprint density at radius 3 is 2.46 bits per heavy atom. The number of hydrogen-bond acceptors (Lipinski definition) is 8. The lowest BCUT2D eigenvalue weighted by molar-refractivity contribution is 0.0735. The highest BCUT2D eigenvalue weighted by Crippen LogP contribution is 2.35. The van der Waals surface area contributed by atoms with Gasteiger partial charge < -0.3 is 29.2 Å². The van der Waals surface area contributed by atoms with Gasteiger partial charge in [0.15, 0.2) is 0 Å². The van der Waals surface area contributed by atoms with Gasteiger partial charge in [0.25, 0.3) is 0 Å². The Kier molecular flexibility index (Phi) is 7.26. The first-order valence-electron chi connectivity index (χ1n) is 13.6. The predicted octanol–water partition coefficient (Wildman–Crippen LogP) is 5.36. The van der Waals surface area contributed by atoms with Gasteiger partial charge in [-0.25, -0.2) is 14.8 Å². The van der Waals surface area contributed by atoms with E-state index in [1.165, 1.54) is 6.20 Å². The van der Waals surface area contributed by atoms with Gasteiger partial charge in [-0.15, -0.1) is 0 Å². The Labute approximate surface area is 239 Å². The van der Waals surface area contributed by atoms with Gasteiger partial charge in [0.1, 0.15) is 17.1 Å². The van der Waals surface area contributed by atoms with Crippen LogP contribution in [0.4, 0.5) is 17.3 Å². The quantitative estimate of drug-likeness (QED) is 0.215. The molecule has 3 heterocycles. The molecule has 3 aromatic carbocycles. The molecule has 0 unspecified atom stereocenters. The maximum atomic E-state index is 13.4. The molecule has 1 N–H and O–H groups in total. The van der Waals surface area contributed by atoms with Crippen LogP contribution in [-0.4, -0.2) is 65.7 Å². The van der Waals surface area contributed by atoms with E-state index < -0.39 is 5.97 Å². The highest BCUT2D eigenvalue weighted by atomic mass is 16.5. The minimum absolute atomic E-state index is 0.271. The third kappa shape index (κ3) is 5.44. The molecule has 1 fully saturated rings. The average molecular weight is 549 g/mol. The second-order valence-corrected chi connectivity index (χ2v) is 10.1. The van der Waals surface area contributed by atoms with Crippen molar-refractivity contribution in [1.29, 1.82) is 0 Å². The predicted molar refractivity (Wildman–Crippen MR) is 161 cm³/mol. The van der Waals surface area contributed by atoms with Crippen molar-refractivity contribution in [2.45, 2.75) is 0 Å². The van der Waals surface area contributed by atoms with Crippen LogP contribution in [0.2, 0.25) is 0 Å². The molecular formula is C32H32N6O3. The number of esters is 1. The zero-order valence-corrected chi connectivity index (χ0v) is 23.4. The number of likely N-dealkylation sites (N-methyl/N-ethyl adjacent to an activating group) is 1. The number of nitrogens with zero attached hydrogens (tertiary/aromatic N) is 5. The monoisotopic (exact) mass is 548 g/mol. The smallest absolute Gasteiger partial charge is 0.347 e. The van der Waals surface area contributed by atoms with E-state index in [0.29, 0.717) is 23.1 Å². The molecular weight excluding hydrogens is 516 g/mol. The number of piperazine rings is 1. The zero-order chi connectivity index (χ0) is 28.3. The fraction of sp³-hybridized carbons (Fsp3) is 0.219. The number of ether oxygens (including phenoxy) is 2. The summed E-state index contributed by atoms with van der Waals surface area (Å²) in [5.41, 5.74) is 4.43. The van der Waals surface area contributed by atoms with Gasteiger partial charge in [0.05, 0.1) is 18.5 Å². The fourth-order valence-electron chi connectivity index (χ4n) is 5.14. The lowest BCUT2D eigenvalue weighted by Gasteiger charge is -2.34. The number of aromatic nitrogens is 3. The normalized spacial score (nSPS) is 13.8. The minimum atomic E-state index is -0.528. The van der Waals surface area contributed by atoms with E-state index in [0.717, 1.165) is 54.0 Å². The van der Waals surface area contributed by atoms with E-state index in [9.17, 15) is 4.79 Å². The molecule has 1 aliphatic rings. The highest BCUT2D eigenvalue weighted by molar-refractivity contribution is 6.03. The summed E-state index contributed by atoms with van der Waals surface area (Å²) in [7, 11) is 5.77. The lowest BCUT2D eigenvalue weighted by Crippen LogP contribution is -2.44. The molecule has 9 nitrogen and oxygen atoms in total.